The third-order valence-electron chi connectivity index (χ3n) is 4.22. The van der Waals surface area contributed by atoms with Crippen molar-refractivity contribution in [3.05, 3.63) is 59.2 Å². The molecule has 138 valence electrons. The molecular weight excluding hydrogens is 328 g/mol. The fourth-order valence-corrected chi connectivity index (χ4v) is 2.61. The highest BCUT2D eigenvalue weighted by atomic mass is 16.5. The van der Waals surface area contributed by atoms with Crippen molar-refractivity contribution in [3.63, 3.8) is 0 Å². The normalized spacial score (nSPS) is 11.5. The standard InChI is InChI=1S/C21H26N2O3/c1-5-15(3)22-21(25)17-8-6-7-9-18(17)23-20(24)13-16-12-14(2)10-11-19(16)26-4/h6-12,15H,5,13H2,1-4H3,(H,22,25)(H,23,24). The Morgan fingerprint density at radius 2 is 1.88 bits per heavy atom. The molecule has 2 aromatic rings. The molecule has 0 aliphatic heterocycles. The van der Waals surface area contributed by atoms with Crippen LogP contribution in [0.1, 0.15) is 41.8 Å². The predicted octanol–water partition coefficient (Wildman–Crippen LogP) is 3.71. The summed E-state index contributed by atoms with van der Waals surface area (Å²) in [6.45, 7) is 5.92. The van der Waals surface area contributed by atoms with Crippen molar-refractivity contribution in [1.29, 1.82) is 0 Å². The Kier molecular flexibility index (Phi) is 6.78. The second-order valence-corrected chi connectivity index (χ2v) is 6.37. The molecule has 0 saturated carbocycles. The van der Waals surface area contributed by atoms with E-state index in [2.05, 4.69) is 10.6 Å². The largest absolute Gasteiger partial charge is 0.496 e. The molecule has 0 spiro atoms. The second-order valence-electron chi connectivity index (χ2n) is 6.37. The SMILES string of the molecule is CCC(C)NC(=O)c1ccccc1NC(=O)Cc1cc(C)ccc1OC. The summed E-state index contributed by atoms with van der Waals surface area (Å²) in [4.78, 5) is 25.0. The van der Waals surface area contributed by atoms with Crippen molar-refractivity contribution in [3.8, 4) is 5.75 Å². The van der Waals surface area contributed by atoms with E-state index >= 15 is 0 Å². The number of aryl methyl sites for hydroxylation is 1. The van der Waals surface area contributed by atoms with E-state index in [4.69, 9.17) is 4.74 Å². The summed E-state index contributed by atoms with van der Waals surface area (Å²) in [6, 6.07) is 12.8. The van der Waals surface area contributed by atoms with Gasteiger partial charge in [-0.3, -0.25) is 9.59 Å². The van der Waals surface area contributed by atoms with Gasteiger partial charge in [-0.05, 0) is 38.5 Å². The smallest absolute Gasteiger partial charge is 0.253 e. The molecule has 0 bridgehead atoms. The Bertz CT molecular complexity index is 787. The van der Waals surface area contributed by atoms with Gasteiger partial charge in [-0.15, -0.1) is 0 Å². The Morgan fingerprint density at radius 3 is 2.58 bits per heavy atom. The molecule has 1 atom stereocenters. The summed E-state index contributed by atoms with van der Waals surface area (Å²) < 4.78 is 5.33. The Labute approximate surface area is 154 Å². The molecule has 5 nitrogen and oxygen atoms in total. The lowest BCUT2D eigenvalue weighted by atomic mass is 10.1. The molecule has 1 unspecified atom stereocenters. The van der Waals surface area contributed by atoms with Gasteiger partial charge >= 0.3 is 0 Å². The number of ether oxygens (including phenoxy) is 1. The quantitative estimate of drug-likeness (QED) is 0.796. The van der Waals surface area contributed by atoms with Gasteiger partial charge in [0.2, 0.25) is 5.91 Å². The van der Waals surface area contributed by atoms with Gasteiger partial charge in [0, 0.05) is 11.6 Å². The molecule has 0 saturated heterocycles. The third kappa shape index (κ3) is 5.09. The van der Waals surface area contributed by atoms with E-state index in [0.717, 1.165) is 17.5 Å². The summed E-state index contributed by atoms with van der Waals surface area (Å²) >= 11 is 0. The van der Waals surface area contributed by atoms with E-state index in [9.17, 15) is 9.59 Å². The van der Waals surface area contributed by atoms with Crippen LogP contribution in [-0.2, 0) is 11.2 Å². The molecule has 2 aromatic carbocycles. The number of methoxy groups -OCH3 is 1. The maximum absolute atomic E-state index is 12.5. The monoisotopic (exact) mass is 354 g/mol. The number of benzene rings is 2. The topological polar surface area (TPSA) is 67.4 Å². The lowest BCUT2D eigenvalue weighted by Gasteiger charge is -2.15. The average Bonchev–Trinajstić information content (AvgIpc) is 2.62. The maximum atomic E-state index is 12.5. The average molecular weight is 354 g/mol. The zero-order valence-electron chi connectivity index (χ0n) is 15.8. The number of anilines is 1. The summed E-state index contributed by atoms with van der Waals surface area (Å²) in [5, 5.41) is 5.77. The Hall–Kier alpha value is -2.82. The first-order valence-corrected chi connectivity index (χ1v) is 8.77. The van der Waals surface area contributed by atoms with Crippen LogP contribution in [0.15, 0.2) is 42.5 Å². The predicted molar refractivity (Wildman–Crippen MR) is 104 cm³/mol. The maximum Gasteiger partial charge on any atom is 0.253 e. The van der Waals surface area contributed by atoms with Crippen molar-refractivity contribution in [2.45, 2.75) is 39.7 Å². The highest BCUT2D eigenvalue weighted by Gasteiger charge is 2.15. The molecule has 0 aliphatic carbocycles. The van der Waals surface area contributed by atoms with Gasteiger partial charge in [0.1, 0.15) is 5.75 Å². The van der Waals surface area contributed by atoms with Crippen LogP contribution in [0, 0.1) is 6.92 Å². The number of rotatable bonds is 7. The van der Waals surface area contributed by atoms with Gasteiger partial charge in [-0.2, -0.15) is 0 Å². The van der Waals surface area contributed by atoms with Crippen molar-refractivity contribution < 1.29 is 14.3 Å². The second kappa shape index (κ2) is 9.04. The number of para-hydroxylation sites is 1. The minimum atomic E-state index is -0.197. The number of hydrogen-bond acceptors (Lipinski definition) is 3. The molecule has 2 amide bonds. The molecule has 26 heavy (non-hydrogen) atoms. The summed E-state index contributed by atoms with van der Waals surface area (Å²) in [5.41, 5.74) is 2.83. The van der Waals surface area contributed by atoms with E-state index in [0.29, 0.717) is 17.0 Å². The van der Waals surface area contributed by atoms with E-state index in [-0.39, 0.29) is 24.3 Å². The first-order valence-electron chi connectivity index (χ1n) is 8.77. The zero-order chi connectivity index (χ0) is 19.1. The van der Waals surface area contributed by atoms with Crippen LogP contribution in [0.3, 0.4) is 0 Å². The number of hydrogen-bond donors (Lipinski definition) is 2. The molecule has 2 rings (SSSR count). The van der Waals surface area contributed by atoms with E-state index in [1.54, 1.807) is 31.4 Å². The van der Waals surface area contributed by atoms with Crippen LogP contribution < -0.4 is 15.4 Å². The molecule has 0 fully saturated rings. The Morgan fingerprint density at radius 1 is 1.15 bits per heavy atom. The summed E-state index contributed by atoms with van der Waals surface area (Å²) in [5.74, 6) is 0.287. The number of carbonyl (C=O) groups is 2. The van der Waals surface area contributed by atoms with E-state index in [1.165, 1.54) is 0 Å². The molecule has 0 radical (unpaired) electrons. The van der Waals surface area contributed by atoms with Crippen LogP contribution >= 0.6 is 0 Å². The molecule has 0 heterocycles. The molecule has 0 aromatic heterocycles. The van der Waals surface area contributed by atoms with Crippen molar-refractivity contribution in [1.82, 2.24) is 5.32 Å². The number of carbonyl (C=O) groups excluding carboxylic acids is 2. The lowest BCUT2D eigenvalue weighted by molar-refractivity contribution is -0.115. The molecular formula is C21H26N2O3. The third-order valence-corrected chi connectivity index (χ3v) is 4.22. The fourth-order valence-electron chi connectivity index (χ4n) is 2.61. The minimum Gasteiger partial charge on any atom is -0.496 e. The van der Waals surface area contributed by atoms with Crippen LogP contribution in [0.5, 0.6) is 5.75 Å². The lowest BCUT2D eigenvalue weighted by Crippen LogP contribution is -2.32. The first-order chi connectivity index (χ1) is 12.4. The van der Waals surface area contributed by atoms with E-state index < -0.39 is 0 Å². The van der Waals surface area contributed by atoms with Crippen molar-refractivity contribution in [2.24, 2.45) is 0 Å². The van der Waals surface area contributed by atoms with Crippen molar-refractivity contribution >= 4 is 17.5 Å². The van der Waals surface area contributed by atoms with Crippen molar-refractivity contribution in [2.75, 3.05) is 12.4 Å². The molecule has 2 N–H and O–H groups in total. The van der Waals surface area contributed by atoms with Gasteiger partial charge in [-0.1, -0.05) is 36.8 Å². The molecule has 5 heteroatoms. The number of nitrogens with one attached hydrogen (secondary N) is 2. The highest BCUT2D eigenvalue weighted by Crippen LogP contribution is 2.21. The summed E-state index contributed by atoms with van der Waals surface area (Å²) in [7, 11) is 1.58. The fraction of sp³-hybridized carbons (Fsp3) is 0.333. The molecule has 0 aliphatic rings. The van der Waals surface area contributed by atoms with Gasteiger partial charge < -0.3 is 15.4 Å². The van der Waals surface area contributed by atoms with Gasteiger partial charge in [0.25, 0.3) is 5.91 Å². The zero-order valence-corrected chi connectivity index (χ0v) is 15.8. The first kappa shape index (κ1) is 19.5. The van der Waals surface area contributed by atoms with Crippen LogP contribution in [0.4, 0.5) is 5.69 Å². The Balaban J connectivity index is 2.15. The van der Waals surface area contributed by atoms with Crippen LogP contribution in [0.2, 0.25) is 0 Å². The van der Waals surface area contributed by atoms with Crippen LogP contribution in [-0.4, -0.2) is 25.0 Å². The summed E-state index contributed by atoms with van der Waals surface area (Å²) in [6.07, 6.45) is 1.01. The van der Waals surface area contributed by atoms with Crippen LogP contribution in [0.25, 0.3) is 0 Å². The van der Waals surface area contributed by atoms with Gasteiger partial charge in [0.05, 0.1) is 24.8 Å². The van der Waals surface area contributed by atoms with E-state index in [1.807, 2.05) is 39.0 Å². The number of amides is 2. The highest BCUT2D eigenvalue weighted by molar-refractivity contribution is 6.04. The van der Waals surface area contributed by atoms with Gasteiger partial charge in [0.15, 0.2) is 0 Å². The minimum absolute atomic E-state index is 0.0720. The van der Waals surface area contributed by atoms with Gasteiger partial charge in [-0.25, -0.2) is 0 Å².